The Morgan fingerprint density at radius 2 is 1.95 bits per heavy atom. The van der Waals surface area contributed by atoms with E-state index < -0.39 is 0 Å². The van der Waals surface area contributed by atoms with Gasteiger partial charge in [0.1, 0.15) is 0 Å². The van der Waals surface area contributed by atoms with E-state index in [4.69, 9.17) is 0 Å². The smallest absolute Gasteiger partial charge is 0.266 e. The Labute approximate surface area is 126 Å². The second kappa shape index (κ2) is 5.89. The molecule has 0 aliphatic heterocycles. The van der Waals surface area contributed by atoms with E-state index in [2.05, 4.69) is 5.10 Å². The van der Waals surface area contributed by atoms with Crippen LogP contribution in [0.5, 0.6) is 0 Å². The van der Waals surface area contributed by atoms with Gasteiger partial charge in [-0.2, -0.15) is 5.10 Å². The molecule has 4 heteroatoms. The van der Waals surface area contributed by atoms with Gasteiger partial charge < -0.3 is 0 Å². The molecule has 2 aromatic carbocycles. The Hall–Kier alpha value is -2.46. The first kappa shape index (κ1) is 13.5. The molecule has 0 aliphatic carbocycles. The Kier molecular flexibility index (Phi) is 3.79. The highest BCUT2D eigenvalue weighted by molar-refractivity contribution is 7.13. The lowest BCUT2D eigenvalue weighted by molar-refractivity contribution is 0.954. The summed E-state index contributed by atoms with van der Waals surface area (Å²) in [7, 11) is 0. The van der Waals surface area contributed by atoms with Crippen molar-refractivity contribution in [2.75, 3.05) is 0 Å². The van der Waals surface area contributed by atoms with Crippen LogP contribution in [0, 0.1) is 6.92 Å². The van der Waals surface area contributed by atoms with E-state index in [0.29, 0.717) is 0 Å². The first-order valence-electron chi connectivity index (χ1n) is 6.63. The second-order valence-electron chi connectivity index (χ2n) is 4.70. The first-order chi connectivity index (χ1) is 10.2. The quantitative estimate of drug-likeness (QED) is 0.674. The maximum absolute atomic E-state index is 12.2. The SMILES string of the molecule is Cc1ccc2sn(/N=C/C=C/c3ccccc3)c(=O)c2c1. The molecular weight excluding hydrogens is 280 g/mol. The lowest BCUT2D eigenvalue weighted by Gasteiger charge is -1.89. The molecule has 0 saturated heterocycles. The zero-order valence-corrected chi connectivity index (χ0v) is 12.4. The third-order valence-electron chi connectivity index (χ3n) is 3.07. The predicted octanol–water partition coefficient (Wildman–Crippen LogP) is 3.92. The molecule has 1 heterocycles. The summed E-state index contributed by atoms with van der Waals surface area (Å²) in [6.07, 6.45) is 5.42. The van der Waals surface area contributed by atoms with Crippen LogP contribution in [-0.2, 0) is 0 Å². The van der Waals surface area contributed by atoms with Crippen molar-refractivity contribution in [3.8, 4) is 0 Å². The number of allylic oxidation sites excluding steroid dienone is 1. The number of hydrogen-bond acceptors (Lipinski definition) is 3. The van der Waals surface area contributed by atoms with Gasteiger partial charge in [-0.1, -0.05) is 48.0 Å². The fourth-order valence-electron chi connectivity index (χ4n) is 2.02. The molecule has 1 aromatic heterocycles. The zero-order chi connectivity index (χ0) is 14.7. The van der Waals surface area contributed by atoms with Gasteiger partial charge in [0.15, 0.2) is 0 Å². The summed E-state index contributed by atoms with van der Waals surface area (Å²) in [6, 6.07) is 15.8. The van der Waals surface area contributed by atoms with Crippen LogP contribution < -0.4 is 5.56 Å². The van der Waals surface area contributed by atoms with E-state index in [1.807, 2.05) is 67.6 Å². The number of hydrogen-bond donors (Lipinski definition) is 0. The number of aromatic nitrogens is 1. The number of fused-ring (bicyclic) bond motifs is 1. The van der Waals surface area contributed by atoms with E-state index >= 15 is 0 Å². The minimum Gasteiger partial charge on any atom is -0.266 e. The van der Waals surface area contributed by atoms with Crippen molar-refractivity contribution in [1.82, 2.24) is 4.07 Å². The predicted molar refractivity (Wildman–Crippen MR) is 90.2 cm³/mol. The van der Waals surface area contributed by atoms with Gasteiger partial charge in [0.05, 0.1) is 10.1 Å². The summed E-state index contributed by atoms with van der Waals surface area (Å²) in [5, 5.41) is 4.92. The van der Waals surface area contributed by atoms with Crippen molar-refractivity contribution in [2.45, 2.75) is 6.92 Å². The molecule has 0 amide bonds. The molecule has 0 saturated carbocycles. The summed E-state index contributed by atoms with van der Waals surface area (Å²) < 4.78 is 2.37. The van der Waals surface area contributed by atoms with Crippen LogP contribution in [0.1, 0.15) is 11.1 Å². The van der Waals surface area contributed by atoms with Crippen LogP contribution in [0.2, 0.25) is 0 Å². The minimum atomic E-state index is -0.0666. The molecule has 3 nitrogen and oxygen atoms in total. The topological polar surface area (TPSA) is 34.4 Å². The molecular formula is C17H14N2OS. The number of aryl methyl sites for hydroxylation is 1. The third-order valence-corrected chi connectivity index (χ3v) is 4.06. The summed E-state index contributed by atoms with van der Waals surface area (Å²) in [5.74, 6) is 0. The van der Waals surface area contributed by atoms with Crippen molar-refractivity contribution < 1.29 is 0 Å². The molecule has 0 unspecified atom stereocenters. The van der Waals surface area contributed by atoms with Crippen molar-refractivity contribution >= 4 is 33.9 Å². The third kappa shape index (κ3) is 3.01. The van der Waals surface area contributed by atoms with Gasteiger partial charge in [0.2, 0.25) is 0 Å². The van der Waals surface area contributed by atoms with E-state index in [-0.39, 0.29) is 5.56 Å². The fraction of sp³-hybridized carbons (Fsp3) is 0.0588. The molecule has 0 bridgehead atoms. The Bertz CT molecular complexity index is 873. The highest BCUT2D eigenvalue weighted by atomic mass is 32.1. The lowest BCUT2D eigenvalue weighted by atomic mass is 10.2. The molecule has 0 aliphatic rings. The number of nitrogens with zero attached hydrogens (tertiary/aromatic N) is 2. The monoisotopic (exact) mass is 294 g/mol. The summed E-state index contributed by atoms with van der Waals surface area (Å²) in [5.41, 5.74) is 2.11. The van der Waals surface area contributed by atoms with Crippen molar-refractivity contribution in [2.24, 2.45) is 5.10 Å². The molecule has 0 spiro atoms. The van der Waals surface area contributed by atoms with Gasteiger partial charge >= 0.3 is 0 Å². The van der Waals surface area contributed by atoms with Gasteiger partial charge in [-0.15, -0.1) is 4.07 Å². The maximum Gasteiger partial charge on any atom is 0.289 e. The number of benzene rings is 2. The fourth-order valence-corrected chi connectivity index (χ4v) is 2.86. The average molecular weight is 294 g/mol. The Morgan fingerprint density at radius 1 is 1.14 bits per heavy atom. The van der Waals surface area contributed by atoms with Crippen LogP contribution >= 0.6 is 11.5 Å². The average Bonchev–Trinajstić information content (AvgIpc) is 2.81. The largest absolute Gasteiger partial charge is 0.289 e. The van der Waals surface area contributed by atoms with Crippen LogP contribution in [0.4, 0.5) is 0 Å². The standard InChI is InChI=1S/C17H14N2OS/c1-13-9-10-16-15(12-13)17(20)19(21-16)18-11-5-8-14-6-3-2-4-7-14/h2-12H,1H3/b8-5+,18-11+. The van der Waals surface area contributed by atoms with E-state index in [1.54, 1.807) is 6.21 Å². The van der Waals surface area contributed by atoms with E-state index in [9.17, 15) is 4.79 Å². The van der Waals surface area contributed by atoms with Crippen LogP contribution in [-0.4, -0.2) is 10.3 Å². The maximum atomic E-state index is 12.2. The van der Waals surface area contributed by atoms with Crippen molar-refractivity contribution in [3.05, 3.63) is 76.1 Å². The zero-order valence-electron chi connectivity index (χ0n) is 11.6. The molecule has 0 radical (unpaired) electrons. The first-order valence-corrected chi connectivity index (χ1v) is 7.40. The number of rotatable bonds is 3. The van der Waals surface area contributed by atoms with Crippen LogP contribution in [0.15, 0.2) is 64.5 Å². The minimum absolute atomic E-state index is 0.0666. The summed E-state index contributed by atoms with van der Waals surface area (Å²) >= 11 is 1.35. The molecule has 21 heavy (non-hydrogen) atoms. The van der Waals surface area contributed by atoms with Gasteiger partial charge in [-0.25, -0.2) is 0 Å². The highest BCUT2D eigenvalue weighted by Crippen LogP contribution is 2.17. The van der Waals surface area contributed by atoms with E-state index in [0.717, 1.165) is 21.2 Å². The van der Waals surface area contributed by atoms with Crippen molar-refractivity contribution in [3.63, 3.8) is 0 Å². The second-order valence-corrected chi connectivity index (χ2v) is 5.67. The van der Waals surface area contributed by atoms with Crippen molar-refractivity contribution in [1.29, 1.82) is 0 Å². The molecule has 0 atom stereocenters. The normalized spacial score (nSPS) is 11.9. The van der Waals surface area contributed by atoms with Crippen LogP contribution in [0.25, 0.3) is 16.2 Å². The van der Waals surface area contributed by atoms with Gasteiger partial charge in [-0.3, -0.25) is 4.79 Å². The summed E-state index contributed by atoms with van der Waals surface area (Å²) in [6.45, 7) is 1.98. The molecule has 0 N–H and O–H groups in total. The molecule has 3 rings (SSSR count). The molecule has 0 fully saturated rings. The Morgan fingerprint density at radius 3 is 2.76 bits per heavy atom. The highest BCUT2D eigenvalue weighted by Gasteiger charge is 2.05. The van der Waals surface area contributed by atoms with Gasteiger partial charge in [-0.05, 0) is 42.2 Å². The molecule has 104 valence electrons. The Balaban J connectivity index is 1.85. The molecule has 3 aromatic rings. The van der Waals surface area contributed by atoms with Gasteiger partial charge in [0, 0.05) is 6.21 Å². The summed E-state index contributed by atoms with van der Waals surface area (Å²) in [4.78, 5) is 12.2. The van der Waals surface area contributed by atoms with E-state index in [1.165, 1.54) is 15.6 Å². The van der Waals surface area contributed by atoms with Crippen LogP contribution in [0.3, 0.4) is 0 Å². The van der Waals surface area contributed by atoms with Gasteiger partial charge in [0.25, 0.3) is 5.56 Å². The lowest BCUT2D eigenvalue weighted by Crippen LogP contribution is -2.08.